The van der Waals surface area contributed by atoms with Crippen molar-refractivity contribution in [2.75, 3.05) is 5.75 Å². The second kappa shape index (κ2) is 8.59. The number of ketones is 1. The van der Waals surface area contributed by atoms with E-state index in [1.54, 1.807) is 27.8 Å². The van der Waals surface area contributed by atoms with E-state index in [1.165, 1.54) is 0 Å². The SMILES string of the molecule is CC(C)CCC(=O)CCSSc1ccccn1. The lowest BCUT2D eigenvalue weighted by Gasteiger charge is -2.03. The van der Waals surface area contributed by atoms with Crippen molar-refractivity contribution >= 4 is 27.4 Å². The lowest BCUT2D eigenvalue weighted by molar-refractivity contribution is -0.118. The van der Waals surface area contributed by atoms with E-state index in [-0.39, 0.29) is 0 Å². The van der Waals surface area contributed by atoms with E-state index in [0.717, 1.165) is 23.6 Å². The van der Waals surface area contributed by atoms with Gasteiger partial charge in [-0.05, 0) is 35.3 Å². The molecular formula is C13H19NOS2. The summed E-state index contributed by atoms with van der Waals surface area (Å²) in [6, 6.07) is 5.87. The second-order valence-electron chi connectivity index (χ2n) is 4.29. The van der Waals surface area contributed by atoms with Gasteiger partial charge in [0.15, 0.2) is 0 Å². The van der Waals surface area contributed by atoms with E-state index in [4.69, 9.17) is 0 Å². The Bertz CT molecular complexity index is 327. The van der Waals surface area contributed by atoms with Crippen LogP contribution in [0.2, 0.25) is 0 Å². The molecular weight excluding hydrogens is 250 g/mol. The van der Waals surface area contributed by atoms with E-state index in [1.807, 2.05) is 18.2 Å². The molecule has 0 spiro atoms. The van der Waals surface area contributed by atoms with Crippen LogP contribution in [0.25, 0.3) is 0 Å². The first kappa shape index (κ1) is 14.6. The number of pyridine rings is 1. The first-order chi connectivity index (χ1) is 8.18. The molecule has 0 aliphatic carbocycles. The summed E-state index contributed by atoms with van der Waals surface area (Å²) in [7, 11) is 3.34. The normalized spacial score (nSPS) is 10.8. The van der Waals surface area contributed by atoms with Crippen LogP contribution in [-0.2, 0) is 4.79 Å². The zero-order valence-electron chi connectivity index (χ0n) is 10.4. The number of aromatic nitrogens is 1. The van der Waals surface area contributed by atoms with Gasteiger partial charge >= 0.3 is 0 Å². The molecule has 0 saturated heterocycles. The third-order valence-electron chi connectivity index (χ3n) is 2.25. The molecule has 0 fully saturated rings. The van der Waals surface area contributed by atoms with E-state index in [9.17, 15) is 4.79 Å². The highest BCUT2D eigenvalue weighted by atomic mass is 33.1. The van der Waals surface area contributed by atoms with Gasteiger partial charge in [-0.2, -0.15) is 0 Å². The molecule has 0 aromatic carbocycles. The van der Waals surface area contributed by atoms with Crippen LogP contribution in [0.15, 0.2) is 29.4 Å². The van der Waals surface area contributed by atoms with Crippen LogP contribution in [0.4, 0.5) is 0 Å². The fraction of sp³-hybridized carbons (Fsp3) is 0.538. The van der Waals surface area contributed by atoms with Crippen molar-refractivity contribution in [3.8, 4) is 0 Å². The Kier molecular flexibility index (Phi) is 7.37. The Hall–Kier alpha value is -0.480. The summed E-state index contributed by atoms with van der Waals surface area (Å²) < 4.78 is 0. The zero-order chi connectivity index (χ0) is 12.5. The summed E-state index contributed by atoms with van der Waals surface area (Å²) in [5.74, 6) is 1.88. The molecule has 0 amide bonds. The van der Waals surface area contributed by atoms with Crippen LogP contribution in [0, 0.1) is 5.92 Å². The largest absolute Gasteiger partial charge is 0.300 e. The molecule has 0 saturated carbocycles. The molecule has 1 aromatic heterocycles. The molecule has 0 aliphatic rings. The number of rotatable bonds is 8. The van der Waals surface area contributed by atoms with Crippen molar-refractivity contribution in [2.24, 2.45) is 5.92 Å². The van der Waals surface area contributed by atoms with Gasteiger partial charge in [0.05, 0.1) is 0 Å². The van der Waals surface area contributed by atoms with E-state index in [2.05, 4.69) is 18.8 Å². The molecule has 94 valence electrons. The molecule has 1 heterocycles. The van der Waals surface area contributed by atoms with Gasteiger partial charge in [-0.15, -0.1) is 0 Å². The number of carbonyl (C=O) groups is 1. The number of hydrogen-bond acceptors (Lipinski definition) is 4. The van der Waals surface area contributed by atoms with Crippen LogP contribution in [0.1, 0.15) is 33.1 Å². The molecule has 0 unspecified atom stereocenters. The van der Waals surface area contributed by atoms with Gasteiger partial charge in [0.25, 0.3) is 0 Å². The smallest absolute Gasteiger partial charge is 0.133 e. The summed E-state index contributed by atoms with van der Waals surface area (Å²) in [5.41, 5.74) is 0. The van der Waals surface area contributed by atoms with Gasteiger partial charge in [-0.1, -0.05) is 30.7 Å². The highest BCUT2D eigenvalue weighted by molar-refractivity contribution is 8.76. The maximum Gasteiger partial charge on any atom is 0.133 e. The molecule has 0 bridgehead atoms. The van der Waals surface area contributed by atoms with Crippen molar-refractivity contribution in [1.29, 1.82) is 0 Å². The highest BCUT2D eigenvalue weighted by Gasteiger charge is 2.04. The molecule has 17 heavy (non-hydrogen) atoms. The van der Waals surface area contributed by atoms with Gasteiger partial charge in [0.1, 0.15) is 10.8 Å². The topological polar surface area (TPSA) is 30.0 Å². The predicted octanol–water partition coefficient (Wildman–Crippen LogP) is 4.22. The van der Waals surface area contributed by atoms with E-state index < -0.39 is 0 Å². The summed E-state index contributed by atoms with van der Waals surface area (Å²) in [5, 5.41) is 1.01. The van der Waals surface area contributed by atoms with Gasteiger partial charge < -0.3 is 0 Å². The van der Waals surface area contributed by atoms with Crippen molar-refractivity contribution in [2.45, 2.75) is 38.1 Å². The summed E-state index contributed by atoms with van der Waals surface area (Å²) in [6.45, 7) is 4.30. The molecule has 0 N–H and O–H groups in total. The predicted molar refractivity (Wildman–Crippen MR) is 76.2 cm³/mol. The van der Waals surface area contributed by atoms with E-state index in [0.29, 0.717) is 18.1 Å². The van der Waals surface area contributed by atoms with Crippen molar-refractivity contribution in [3.63, 3.8) is 0 Å². The minimum absolute atomic E-state index is 0.382. The second-order valence-corrected chi connectivity index (χ2v) is 6.73. The minimum atomic E-state index is 0.382. The lowest BCUT2D eigenvalue weighted by atomic mass is 10.1. The van der Waals surface area contributed by atoms with E-state index >= 15 is 0 Å². The summed E-state index contributed by atoms with van der Waals surface area (Å²) in [4.78, 5) is 15.7. The molecule has 0 radical (unpaired) electrons. The highest BCUT2D eigenvalue weighted by Crippen LogP contribution is 2.29. The summed E-state index contributed by atoms with van der Waals surface area (Å²) >= 11 is 0. The van der Waals surface area contributed by atoms with Gasteiger partial charge in [-0.3, -0.25) is 4.79 Å². The number of Topliss-reactive ketones (excluding diaryl/α,β-unsaturated/α-hetero) is 1. The number of carbonyl (C=O) groups excluding carboxylic acids is 1. The summed E-state index contributed by atoms with van der Waals surface area (Å²) in [6.07, 6.45) is 4.21. The molecule has 1 aromatic rings. The number of nitrogens with zero attached hydrogens (tertiary/aromatic N) is 1. The molecule has 4 heteroatoms. The Morgan fingerprint density at radius 3 is 2.82 bits per heavy atom. The minimum Gasteiger partial charge on any atom is -0.300 e. The Morgan fingerprint density at radius 2 is 2.18 bits per heavy atom. The first-order valence-electron chi connectivity index (χ1n) is 5.90. The van der Waals surface area contributed by atoms with Crippen LogP contribution in [0.5, 0.6) is 0 Å². The first-order valence-corrected chi connectivity index (χ1v) is 8.22. The van der Waals surface area contributed by atoms with Crippen LogP contribution in [-0.4, -0.2) is 16.5 Å². The Balaban J connectivity index is 2.06. The quantitative estimate of drug-likeness (QED) is 0.522. The van der Waals surface area contributed by atoms with Crippen LogP contribution in [0.3, 0.4) is 0 Å². The third-order valence-corrected chi connectivity index (χ3v) is 4.51. The molecule has 0 atom stereocenters. The zero-order valence-corrected chi connectivity index (χ0v) is 12.0. The lowest BCUT2D eigenvalue weighted by Crippen LogP contribution is -2.01. The third kappa shape index (κ3) is 7.45. The maximum absolute atomic E-state index is 11.5. The fourth-order valence-electron chi connectivity index (χ4n) is 1.23. The van der Waals surface area contributed by atoms with Crippen molar-refractivity contribution < 1.29 is 4.79 Å². The Morgan fingerprint density at radius 1 is 1.35 bits per heavy atom. The van der Waals surface area contributed by atoms with Crippen molar-refractivity contribution in [1.82, 2.24) is 4.98 Å². The molecule has 2 nitrogen and oxygen atoms in total. The maximum atomic E-state index is 11.5. The fourth-order valence-corrected chi connectivity index (χ4v) is 3.14. The van der Waals surface area contributed by atoms with Crippen molar-refractivity contribution in [3.05, 3.63) is 24.4 Å². The average Bonchev–Trinajstić information content (AvgIpc) is 2.33. The standard InChI is InChI=1S/C13H19NOS2/c1-11(2)6-7-12(15)8-10-16-17-13-5-3-4-9-14-13/h3-5,9,11H,6-8,10H2,1-2H3. The van der Waals surface area contributed by atoms with Gasteiger partial charge in [0.2, 0.25) is 0 Å². The Labute approximate surface area is 111 Å². The van der Waals surface area contributed by atoms with Crippen LogP contribution >= 0.6 is 21.6 Å². The number of hydrogen-bond donors (Lipinski definition) is 0. The average molecular weight is 269 g/mol. The van der Waals surface area contributed by atoms with Crippen LogP contribution < -0.4 is 0 Å². The monoisotopic (exact) mass is 269 g/mol. The van der Waals surface area contributed by atoms with Gasteiger partial charge in [0, 0.05) is 24.8 Å². The van der Waals surface area contributed by atoms with Gasteiger partial charge in [-0.25, -0.2) is 4.98 Å². The molecule has 0 aliphatic heterocycles. The molecule has 1 rings (SSSR count).